The molecule has 0 unspecified atom stereocenters. The summed E-state index contributed by atoms with van der Waals surface area (Å²) in [6.07, 6.45) is 0. The van der Waals surface area contributed by atoms with Gasteiger partial charge in [0.1, 0.15) is 11.4 Å². The summed E-state index contributed by atoms with van der Waals surface area (Å²) >= 11 is 0. The van der Waals surface area contributed by atoms with Gasteiger partial charge in [-0.3, -0.25) is 0 Å². The molecule has 0 spiro atoms. The molecule has 0 saturated carbocycles. The van der Waals surface area contributed by atoms with Crippen LogP contribution >= 0.6 is 0 Å². The van der Waals surface area contributed by atoms with Gasteiger partial charge in [-0.05, 0) is 31.9 Å². The molecule has 0 radical (unpaired) electrons. The SMILES string of the molecule is CC(C)(C)Oc1c(-c2ccccc2)cccc1-c1ccccc1. The van der Waals surface area contributed by atoms with E-state index in [1.165, 1.54) is 11.1 Å². The Kier molecular flexibility index (Phi) is 4.20. The standard InChI is InChI=1S/C22H22O/c1-22(2,3)23-21-19(17-11-6-4-7-12-17)15-10-16-20(21)18-13-8-5-9-14-18/h4-16H,1-3H3. The number of benzene rings is 3. The Hall–Kier alpha value is -2.54. The second-order valence-electron chi connectivity index (χ2n) is 6.63. The third-order valence-corrected chi connectivity index (χ3v) is 3.59. The topological polar surface area (TPSA) is 9.23 Å². The van der Waals surface area contributed by atoms with Gasteiger partial charge in [-0.1, -0.05) is 78.9 Å². The van der Waals surface area contributed by atoms with Gasteiger partial charge in [0.25, 0.3) is 0 Å². The highest BCUT2D eigenvalue weighted by Crippen LogP contribution is 2.40. The Morgan fingerprint density at radius 1 is 0.565 bits per heavy atom. The van der Waals surface area contributed by atoms with Crippen molar-refractivity contribution < 1.29 is 4.74 Å². The monoisotopic (exact) mass is 302 g/mol. The van der Waals surface area contributed by atoms with Gasteiger partial charge in [-0.2, -0.15) is 0 Å². The Morgan fingerprint density at radius 3 is 1.39 bits per heavy atom. The fraction of sp³-hybridized carbons (Fsp3) is 0.182. The summed E-state index contributed by atoms with van der Waals surface area (Å²) < 4.78 is 6.37. The van der Waals surface area contributed by atoms with E-state index in [1.807, 2.05) is 12.1 Å². The number of rotatable bonds is 3. The molecule has 0 aliphatic rings. The fourth-order valence-corrected chi connectivity index (χ4v) is 2.64. The first kappa shape index (κ1) is 15.4. The lowest BCUT2D eigenvalue weighted by atomic mass is 9.97. The normalized spacial score (nSPS) is 11.3. The van der Waals surface area contributed by atoms with Gasteiger partial charge >= 0.3 is 0 Å². The van der Waals surface area contributed by atoms with Gasteiger partial charge in [0.05, 0.1) is 0 Å². The van der Waals surface area contributed by atoms with Crippen molar-refractivity contribution in [2.24, 2.45) is 0 Å². The molecule has 0 saturated heterocycles. The molecule has 0 aliphatic carbocycles. The molecule has 116 valence electrons. The minimum atomic E-state index is -0.256. The summed E-state index contributed by atoms with van der Waals surface area (Å²) in [6, 6.07) is 27.2. The van der Waals surface area contributed by atoms with Crippen LogP contribution in [0.2, 0.25) is 0 Å². The Bertz CT molecular complexity index is 710. The Morgan fingerprint density at radius 2 is 1.00 bits per heavy atom. The maximum Gasteiger partial charge on any atom is 0.135 e. The first-order chi connectivity index (χ1) is 11.0. The van der Waals surface area contributed by atoms with Gasteiger partial charge in [-0.25, -0.2) is 0 Å². The van der Waals surface area contributed by atoms with E-state index in [9.17, 15) is 0 Å². The highest BCUT2D eigenvalue weighted by atomic mass is 16.5. The quantitative estimate of drug-likeness (QED) is 0.560. The first-order valence-corrected chi connectivity index (χ1v) is 7.97. The average molecular weight is 302 g/mol. The Balaban J connectivity index is 2.21. The summed E-state index contributed by atoms with van der Waals surface area (Å²) in [4.78, 5) is 0. The molecule has 0 amide bonds. The second kappa shape index (κ2) is 6.29. The molecular formula is C22H22O. The molecule has 0 fully saturated rings. The highest BCUT2D eigenvalue weighted by Gasteiger charge is 2.19. The summed E-state index contributed by atoms with van der Waals surface area (Å²) in [5.74, 6) is 0.942. The lowest BCUT2D eigenvalue weighted by Crippen LogP contribution is -2.23. The number of ether oxygens (including phenoxy) is 1. The predicted molar refractivity (Wildman–Crippen MR) is 97.7 cm³/mol. The van der Waals surface area contributed by atoms with Crippen molar-refractivity contribution >= 4 is 0 Å². The molecule has 0 aliphatic heterocycles. The van der Waals surface area contributed by atoms with Crippen LogP contribution < -0.4 is 4.74 Å². The summed E-state index contributed by atoms with van der Waals surface area (Å²) in [5, 5.41) is 0. The largest absolute Gasteiger partial charge is 0.487 e. The summed E-state index contributed by atoms with van der Waals surface area (Å²) in [6.45, 7) is 6.26. The molecule has 0 N–H and O–H groups in total. The van der Waals surface area contributed by atoms with Crippen LogP contribution in [-0.2, 0) is 0 Å². The lowest BCUT2D eigenvalue weighted by molar-refractivity contribution is 0.132. The predicted octanol–water partition coefficient (Wildman–Crippen LogP) is 6.20. The van der Waals surface area contributed by atoms with E-state index in [4.69, 9.17) is 4.74 Å². The fourth-order valence-electron chi connectivity index (χ4n) is 2.64. The molecule has 3 aromatic rings. The maximum atomic E-state index is 6.37. The van der Waals surface area contributed by atoms with Crippen LogP contribution in [0.4, 0.5) is 0 Å². The van der Waals surface area contributed by atoms with Gasteiger partial charge in [0.2, 0.25) is 0 Å². The van der Waals surface area contributed by atoms with E-state index in [2.05, 4.69) is 87.5 Å². The van der Waals surface area contributed by atoms with E-state index in [0.29, 0.717) is 0 Å². The Labute approximate surface area is 138 Å². The van der Waals surface area contributed by atoms with Crippen molar-refractivity contribution in [3.8, 4) is 28.0 Å². The van der Waals surface area contributed by atoms with Gasteiger partial charge in [-0.15, -0.1) is 0 Å². The van der Waals surface area contributed by atoms with Crippen LogP contribution in [0.15, 0.2) is 78.9 Å². The van der Waals surface area contributed by atoms with Gasteiger partial charge in [0, 0.05) is 11.1 Å². The van der Waals surface area contributed by atoms with E-state index >= 15 is 0 Å². The smallest absolute Gasteiger partial charge is 0.135 e. The van der Waals surface area contributed by atoms with Crippen molar-refractivity contribution in [2.45, 2.75) is 26.4 Å². The zero-order valence-electron chi connectivity index (χ0n) is 13.9. The molecule has 1 nitrogen and oxygen atoms in total. The molecule has 0 bridgehead atoms. The minimum absolute atomic E-state index is 0.256. The molecule has 0 heterocycles. The molecule has 0 aromatic heterocycles. The number of para-hydroxylation sites is 1. The number of hydrogen-bond acceptors (Lipinski definition) is 1. The van der Waals surface area contributed by atoms with E-state index < -0.39 is 0 Å². The maximum absolute atomic E-state index is 6.37. The van der Waals surface area contributed by atoms with Crippen LogP contribution in [-0.4, -0.2) is 5.60 Å². The molecule has 23 heavy (non-hydrogen) atoms. The minimum Gasteiger partial charge on any atom is -0.487 e. The van der Waals surface area contributed by atoms with Crippen LogP contribution in [0.1, 0.15) is 20.8 Å². The van der Waals surface area contributed by atoms with Crippen molar-refractivity contribution in [1.82, 2.24) is 0 Å². The van der Waals surface area contributed by atoms with Crippen LogP contribution in [0, 0.1) is 0 Å². The van der Waals surface area contributed by atoms with Gasteiger partial charge < -0.3 is 4.74 Å². The molecular weight excluding hydrogens is 280 g/mol. The highest BCUT2D eigenvalue weighted by molar-refractivity contribution is 5.82. The van der Waals surface area contributed by atoms with Crippen LogP contribution in [0.3, 0.4) is 0 Å². The third kappa shape index (κ3) is 3.62. The van der Waals surface area contributed by atoms with Crippen molar-refractivity contribution in [1.29, 1.82) is 0 Å². The van der Waals surface area contributed by atoms with Crippen LogP contribution in [0.5, 0.6) is 5.75 Å². The summed E-state index contributed by atoms with van der Waals surface area (Å²) in [5.41, 5.74) is 4.34. The second-order valence-corrected chi connectivity index (χ2v) is 6.63. The van der Waals surface area contributed by atoms with Crippen molar-refractivity contribution in [3.63, 3.8) is 0 Å². The van der Waals surface area contributed by atoms with Gasteiger partial charge in [0.15, 0.2) is 0 Å². The summed E-state index contributed by atoms with van der Waals surface area (Å²) in [7, 11) is 0. The molecule has 0 atom stereocenters. The number of hydrogen-bond donors (Lipinski definition) is 0. The lowest BCUT2D eigenvalue weighted by Gasteiger charge is -2.26. The van der Waals surface area contributed by atoms with E-state index in [0.717, 1.165) is 16.9 Å². The molecule has 1 heteroatoms. The average Bonchev–Trinajstić information content (AvgIpc) is 2.55. The van der Waals surface area contributed by atoms with E-state index in [1.54, 1.807) is 0 Å². The zero-order valence-corrected chi connectivity index (χ0v) is 13.9. The third-order valence-electron chi connectivity index (χ3n) is 3.59. The first-order valence-electron chi connectivity index (χ1n) is 7.97. The van der Waals surface area contributed by atoms with Crippen LogP contribution in [0.25, 0.3) is 22.3 Å². The zero-order chi connectivity index (χ0) is 16.3. The molecule has 3 rings (SSSR count). The van der Waals surface area contributed by atoms with E-state index in [-0.39, 0.29) is 5.60 Å². The molecule has 3 aromatic carbocycles. The van der Waals surface area contributed by atoms with Crippen molar-refractivity contribution in [3.05, 3.63) is 78.9 Å². The van der Waals surface area contributed by atoms with Crippen molar-refractivity contribution in [2.75, 3.05) is 0 Å².